The summed E-state index contributed by atoms with van der Waals surface area (Å²) in [6.45, 7) is 3.35. The summed E-state index contributed by atoms with van der Waals surface area (Å²) in [7, 11) is 0. The molecule has 1 aliphatic carbocycles. The zero-order valence-corrected chi connectivity index (χ0v) is 14.0. The van der Waals surface area contributed by atoms with Crippen molar-refractivity contribution in [3.8, 4) is 11.5 Å². The van der Waals surface area contributed by atoms with Crippen LogP contribution in [0, 0.1) is 5.82 Å². The van der Waals surface area contributed by atoms with Crippen molar-refractivity contribution in [2.24, 2.45) is 0 Å². The molecule has 2 fully saturated rings. The van der Waals surface area contributed by atoms with E-state index in [2.05, 4.69) is 15.5 Å². The zero-order valence-electron chi connectivity index (χ0n) is 14.0. The maximum atomic E-state index is 12.9. The number of aromatic nitrogens is 2. The van der Waals surface area contributed by atoms with Crippen molar-refractivity contribution in [2.45, 2.75) is 38.3 Å². The largest absolute Gasteiger partial charge is 0.403 e. The number of carbonyl (C=O) groups excluding carboxylic acids is 1. The number of aliphatic hydroxyl groups is 1. The standard InChI is InChI=1S/C14H15FN4O2.C3H6O/c1-9(13(20)19-7-2-8-19)16-14-18-17-12(21-14)10-3-5-11(15)6-4-10;4-3-1-2-3/h3-6,9H,2,7-8H2,1H3,(H,16,18);3-4H,1-2H2/t9-;/m1./s1. The van der Waals surface area contributed by atoms with Gasteiger partial charge in [0, 0.05) is 18.7 Å². The monoisotopic (exact) mass is 348 g/mol. The minimum atomic E-state index is -0.424. The third kappa shape index (κ3) is 4.76. The van der Waals surface area contributed by atoms with E-state index in [0.29, 0.717) is 5.56 Å². The van der Waals surface area contributed by atoms with Gasteiger partial charge in [-0.25, -0.2) is 4.39 Å². The van der Waals surface area contributed by atoms with Crippen molar-refractivity contribution >= 4 is 11.9 Å². The number of anilines is 1. The van der Waals surface area contributed by atoms with E-state index in [0.717, 1.165) is 32.4 Å². The van der Waals surface area contributed by atoms with Gasteiger partial charge in [0.2, 0.25) is 11.8 Å². The fourth-order valence-corrected chi connectivity index (χ4v) is 2.12. The normalized spacial score (nSPS) is 17.2. The molecule has 134 valence electrons. The van der Waals surface area contributed by atoms with Crippen LogP contribution in [0.15, 0.2) is 28.7 Å². The lowest BCUT2D eigenvalue weighted by Gasteiger charge is -2.33. The molecule has 1 saturated heterocycles. The number of hydrogen-bond donors (Lipinski definition) is 2. The molecule has 2 aromatic rings. The van der Waals surface area contributed by atoms with E-state index >= 15 is 0 Å². The lowest BCUT2D eigenvalue weighted by atomic mass is 10.2. The Labute approximate surface area is 144 Å². The molecule has 0 spiro atoms. The maximum Gasteiger partial charge on any atom is 0.316 e. The van der Waals surface area contributed by atoms with Gasteiger partial charge in [0.25, 0.3) is 0 Å². The highest BCUT2D eigenvalue weighted by atomic mass is 19.1. The van der Waals surface area contributed by atoms with Crippen molar-refractivity contribution in [2.75, 3.05) is 18.4 Å². The van der Waals surface area contributed by atoms with Gasteiger partial charge in [-0.2, -0.15) is 0 Å². The fourth-order valence-electron chi connectivity index (χ4n) is 2.12. The molecule has 1 aliphatic heterocycles. The molecular formula is C17H21FN4O3. The Morgan fingerprint density at radius 2 is 1.96 bits per heavy atom. The maximum absolute atomic E-state index is 12.9. The third-order valence-electron chi connectivity index (χ3n) is 3.94. The second-order valence-electron chi connectivity index (χ2n) is 6.20. The average molecular weight is 348 g/mol. The summed E-state index contributed by atoms with van der Waals surface area (Å²) in [6, 6.07) is 5.51. The SMILES string of the molecule is C[C@@H](Nc1nnc(-c2ccc(F)cc2)o1)C(=O)N1CCC1.OC1CC1. The first-order valence-electron chi connectivity index (χ1n) is 8.36. The van der Waals surface area contributed by atoms with E-state index in [1.165, 1.54) is 12.1 Å². The number of benzene rings is 1. The number of amides is 1. The molecule has 0 radical (unpaired) electrons. The first-order valence-corrected chi connectivity index (χ1v) is 8.36. The molecule has 1 aromatic heterocycles. The number of nitrogens with one attached hydrogen (secondary N) is 1. The summed E-state index contributed by atoms with van der Waals surface area (Å²) in [5.41, 5.74) is 0.624. The number of carbonyl (C=O) groups is 1. The van der Waals surface area contributed by atoms with Crippen LogP contribution < -0.4 is 5.32 Å². The second kappa shape index (κ2) is 7.60. The second-order valence-corrected chi connectivity index (χ2v) is 6.20. The van der Waals surface area contributed by atoms with Crippen LogP contribution >= 0.6 is 0 Å². The van der Waals surface area contributed by atoms with E-state index in [-0.39, 0.29) is 29.7 Å². The van der Waals surface area contributed by atoms with E-state index in [4.69, 9.17) is 9.52 Å². The Bertz CT molecular complexity index is 711. The molecule has 0 bridgehead atoms. The van der Waals surface area contributed by atoms with E-state index in [1.54, 1.807) is 24.0 Å². The van der Waals surface area contributed by atoms with E-state index in [1.807, 2.05) is 0 Å². The molecule has 4 rings (SSSR count). The predicted octanol–water partition coefficient (Wildman–Crippen LogP) is 2.05. The molecule has 25 heavy (non-hydrogen) atoms. The molecule has 1 amide bonds. The first-order chi connectivity index (χ1) is 12.0. The highest BCUT2D eigenvalue weighted by molar-refractivity contribution is 5.84. The van der Waals surface area contributed by atoms with Crippen LogP contribution in [0.4, 0.5) is 10.4 Å². The Hall–Kier alpha value is -2.48. The quantitative estimate of drug-likeness (QED) is 0.879. The number of halogens is 1. The van der Waals surface area contributed by atoms with Crippen LogP contribution in [0.25, 0.3) is 11.5 Å². The minimum absolute atomic E-state index is 0.0165. The van der Waals surface area contributed by atoms with Gasteiger partial charge in [0.1, 0.15) is 11.9 Å². The van der Waals surface area contributed by atoms with E-state index in [9.17, 15) is 9.18 Å². The number of likely N-dealkylation sites (tertiary alicyclic amines) is 1. The molecule has 8 heteroatoms. The summed E-state index contributed by atoms with van der Waals surface area (Å²) < 4.78 is 18.3. The van der Waals surface area contributed by atoms with Gasteiger partial charge in [0.05, 0.1) is 6.10 Å². The molecule has 1 aromatic carbocycles. The molecule has 2 N–H and O–H groups in total. The Morgan fingerprint density at radius 3 is 2.48 bits per heavy atom. The number of nitrogens with zero attached hydrogens (tertiary/aromatic N) is 3. The third-order valence-corrected chi connectivity index (χ3v) is 3.94. The van der Waals surface area contributed by atoms with Crippen LogP contribution in [-0.2, 0) is 4.79 Å². The summed E-state index contributed by atoms with van der Waals surface area (Å²) >= 11 is 0. The average Bonchev–Trinajstić information content (AvgIpc) is 3.19. The van der Waals surface area contributed by atoms with Crippen molar-refractivity contribution < 1.29 is 18.7 Å². The first kappa shape index (κ1) is 17.3. The molecule has 2 heterocycles. The summed E-state index contributed by atoms with van der Waals surface area (Å²) in [6.07, 6.45) is 3.22. The summed E-state index contributed by atoms with van der Waals surface area (Å²) in [5.74, 6) is -0.0331. The van der Waals surface area contributed by atoms with Gasteiger partial charge in [-0.3, -0.25) is 4.79 Å². The zero-order chi connectivity index (χ0) is 17.8. The van der Waals surface area contributed by atoms with Crippen LogP contribution in [0.2, 0.25) is 0 Å². The minimum Gasteiger partial charge on any atom is -0.403 e. The van der Waals surface area contributed by atoms with Gasteiger partial charge in [-0.15, -0.1) is 5.10 Å². The van der Waals surface area contributed by atoms with Gasteiger partial charge in [-0.05, 0) is 50.5 Å². The Kier molecular flexibility index (Phi) is 5.28. The smallest absolute Gasteiger partial charge is 0.316 e. The lowest BCUT2D eigenvalue weighted by molar-refractivity contribution is -0.135. The van der Waals surface area contributed by atoms with Crippen LogP contribution in [0.5, 0.6) is 0 Å². The Balaban J connectivity index is 0.000000401. The fraction of sp³-hybridized carbons (Fsp3) is 0.471. The van der Waals surface area contributed by atoms with Crippen LogP contribution in [-0.4, -0.2) is 51.3 Å². The van der Waals surface area contributed by atoms with Crippen molar-refractivity contribution in [3.05, 3.63) is 30.1 Å². The summed E-state index contributed by atoms with van der Waals surface area (Å²) in [5, 5.41) is 18.8. The molecule has 0 unspecified atom stereocenters. The molecule has 7 nitrogen and oxygen atoms in total. The highest BCUT2D eigenvalue weighted by Gasteiger charge is 2.26. The topological polar surface area (TPSA) is 91.5 Å². The highest BCUT2D eigenvalue weighted by Crippen LogP contribution is 2.20. The van der Waals surface area contributed by atoms with Gasteiger partial charge in [0.15, 0.2) is 0 Å². The molecular weight excluding hydrogens is 327 g/mol. The van der Waals surface area contributed by atoms with Crippen molar-refractivity contribution in [3.63, 3.8) is 0 Å². The summed E-state index contributed by atoms with van der Waals surface area (Å²) in [4.78, 5) is 13.7. The Morgan fingerprint density at radius 1 is 1.32 bits per heavy atom. The molecule has 1 saturated carbocycles. The molecule has 1 atom stereocenters. The van der Waals surface area contributed by atoms with Crippen molar-refractivity contribution in [1.82, 2.24) is 15.1 Å². The number of rotatable bonds is 4. The van der Waals surface area contributed by atoms with Crippen LogP contribution in [0.1, 0.15) is 26.2 Å². The van der Waals surface area contributed by atoms with Crippen molar-refractivity contribution in [1.29, 1.82) is 0 Å². The number of aliphatic hydroxyl groups excluding tert-OH is 1. The lowest BCUT2D eigenvalue weighted by Crippen LogP contribution is -2.48. The number of hydrogen-bond acceptors (Lipinski definition) is 6. The predicted molar refractivity (Wildman–Crippen MR) is 89.2 cm³/mol. The van der Waals surface area contributed by atoms with Gasteiger partial charge >= 0.3 is 6.01 Å². The van der Waals surface area contributed by atoms with Gasteiger partial charge < -0.3 is 19.7 Å². The van der Waals surface area contributed by atoms with E-state index < -0.39 is 6.04 Å². The van der Waals surface area contributed by atoms with Gasteiger partial charge in [-0.1, -0.05) is 5.10 Å². The molecule has 2 aliphatic rings. The van der Waals surface area contributed by atoms with Crippen LogP contribution in [0.3, 0.4) is 0 Å².